The molecule has 0 aliphatic heterocycles. The number of nitrogens with zero attached hydrogens (tertiary/aromatic N) is 2. The zero-order chi connectivity index (χ0) is 15.1. The van der Waals surface area contributed by atoms with Crippen LogP contribution >= 0.6 is 15.2 Å². The number of rotatable bonds is 8. The maximum atomic E-state index is 10.8. The van der Waals surface area contributed by atoms with E-state index in [-0.39, 0.29) is 25.7 Å². The van der Waals surface area contributed by atoms with Crippen molar-refractivity contribution in [2.24, 2.45) is 10.3 Å². The minimum atomic E-state index is -4.56. The molecular weight excluding hydrogens is 302 g/mol. The third-order valence-electron chi connectivity index (χ3n) is 2.20. The van der Waals surface area contributed by atoms with Crippen molar-refractivity contribution >= 4 is 26.1 Å². The standard InChI is InChI=1S/C7H16N2O8P2/c10-8-6(18(12,13)14)4-2-1-3-5-7(9-11)19(15,16)17/h10-11H,1-5H2,(H2,12,13,14)(H2,15,16,17). The van der Waals surface area contributed by atoms with Crippen LogP contribution in [0.3, 0.4) is 0 Å². The van der Waals surface area contributed by atoms with E-state index in [9.17, 15) is 9.13 Å². The van der Waals surface area contributed by atoms with Crippen LogP contribution < -0.4 is 0 Å². The van der Waals surface area contributed by atoms with Crippen molar-refractivity contribution < 1.29 is 39.1 Å². The smallest absolute Gasteiger partial charge is 0.373 e. The Kier molecular flexibility index (Phi) is 7.43. The summed E-state index contributed by atoms with van der Waals surface area (Å²) in [5, 5.41) is 21.8. The first kappa shape index (κ1) is 18.2. The largest absolute Gasteiger partial charge is 0.410 e. The van der Waals surface area contributed by atoms with Crippen LogP contribution in [-0.2, 0) is 9.13 Å². The van der Waals surface area contributed by atoms with Gasteiger partial charge in [-0.25, -0.2) is 0 Å². The van der Waals surface area contributed by atoms with Gasteiger partial charge in [-0.1, -0.05) is 16.7 Å². The molecule has 0 spiro atoms. The van der Waals surface area contributed by atoms with E-state index in [1.807, 2.05) is 0 Å². The van der Waals surface area contributed by atoms with Crippen molar-refractivity contribution in [3.8, 4) is 0 Å². The first-order chi connectivity index (χ1) is 8.62. The molecule has 0 aromatic rings. The predicted molar refractivity (Wildman–Crippen MR) is 65.6 cm³/mol. The summed E-state index contributed by atoms with van der Waals surface area (Å²) in [6, 6.07) is 0. The Labute approximate surface area is 108 Å². The van der Waals surface area contributed by atoms with Gasteiger partial charge >= 0.3 is 15.2 Å². The molecule has 0 atom stereocenters. The molecular formula is C7H16N2O8P2. The Morgan fingerprint density at radius 3 is 1.26 bits per heavy atom. The van der Waals surface area contributed by atoms with Gasteiger partial charge in [-0.05, 0) is 12.8 Å². The molecule has 0 saturated carbocycles. The van der Waals surface area contributed by atoms with Gasteiger partial charge < -0.3 is 30.0 Å². The van der Waals surface area contributed by atoms with Crippen LogP contribution in [0, 0.1) is 0 Å². The Morgan fingerprint density at radius 1 is 0.737 bits per heavy atom. The topological polar surface area (TPSA) is 180 Å². The van der Waals surface area contributed by atoms with Gasteiger partial charge in [-0.15, -0.1) is 0 Å². The van der Waals surface area contributed by atoms with E-state index < -0.39 is 26.1 Å². The first-order valence-corrected chi connectivity index (χ1v) is 8.39. The maximum absolute atomic E-state index is 10.8. The lowest BCUT2D eigenvalue weighted by atomic mass is 10.1. The van der Waals surface area contributed by atoms with Crippen molar-refractivity contribution in [3.63, 3.8) is 0 Å². The van der Waals surface area contributed by atoms with Crippen molar-refractivity contribution in [2.75, 3.05) is 0 Å². The molecule has 0 aliphatic carbocycles. The van der Waals surface area contributed by atoms with E-state index in [0.29, 0.717) is 6.42 Å². The van der Waals surface area contributed by atoms with E-state index in [0.717, 1.165) is 0 Å². The second kappa shape index (κ2) is 7.74. The second-order valence-corrected chi connectivity index (χ2v) is 6.89. The van der Waals surface area contributed by atoms with Gasteiger partial charge in [0.25, 0.3) is 0 Å². The van der Waals surface area contributed by atoms with E-state index in [2.05, 4.69) is 10.3 Å². The predicted octanol–water partition coefficient (Wildman–Crippen LogP) is 0.868. The van der Waals surface area contributed by atoms with Crippen LogP contribution in [0.5, 0.6) is 0 Å². The molecule has 12 heteroatoms. The van der Waals surface area contributed by atoms with Gasteiger partial charge in [0.05, 0.1) is 0 Å². The fourth-order valence-corrected chi connectivity index (χ4v) is 2.38. The summed E-state index contributed by atoms with van der Waals surface area (Å²) in [6.07, 6.45) is 0.595. The molecule has 0 fully saturated rings. The van der Waals surface area contributed by atoms with Gasteiger partial charge in [0.15, 0.2) is 10.9 Å². The lowest BCUT2D eigenvalue weighted by Gasteiger charge is -2.07. The molecule has 0 heterocycles. The van der Waals surface area contributed by atoms with E-state index in [1.54, 1.807) is 0 Å². The Hall–Kier alpha value is -0.760. The molecule has 0 rings (SSSR count). The van der Waals surface area contributed by atoms with E-state index in [1.165, 1.54) is 0 Å². The van der Waals surface area contributed by atoms with Gasteiger partial charge in [0, 0.05) is 12.8 Å². The summed E-state index contributed by atoms with van der Waals surface area (Å²) in [6.45, 7) is 0. The van der Waals surface area contributed by atoms with Crippen molar-refractivity contribution in [1.82, 2.24) is 0 Å². The number of oxime groups is 2. The molecule has 0 radical (unpaired) electrons. The fourth-order valence-electron chi connectivity index (χ4n) is 1.25. The molecule has 0 unspecified atom stereocenters. The van der Waals surface area contributed by atoms with Crippen molar-refractivity contribution in [2.45, 2.75) is 32.1 Å². The quantitative estimate of drug-likeness (QED) is 0.125. The van der Waals surface area contributed by atoms with Crippen LogP contribution in [0.2, 0.25) is 0 Å². The van der Waals surface area contributed by atoms with Gasteiger partial charge in [0.1, 0.15) is 0 Å². The van der Waals surface area contributed by atoms with Gasteiger partial charge in [-0.3, -0.25) is 9.13 Å². The van der Waals surface area contributed by atoms with Crippen molar-refractivity contribution in [1.29, 1.82) is 0 Å². The first-order valence-electron chi connectivity index (χ1n) is 5.17. The lowest BCUT2D eigenvalue weighted by molar-refractivity contribution is 0.315. The number of hydrogen-bond donors (Lipinski definition) is 6. The summed E-state index contributed by atoms with van der Waals surface area (Å²) in [5.41, 5.74) is -1.28. The Bertz CT molecular complexity index is 396. The highest BCUT2D eigenvalue weighted by atomic mass is 31.2. The average molecular weight is 318 g/mol. The Morgan fingerprint density at radius 2 is 1.05 bits per heavy atom. The van der Waals surface area contributed by atoms with Gasteiger partial charge in [-0.2, -0.15) is 0 Å². The fraction of sp³-hybridized carbons (Fsp3) is 0.714. The highest BCUT2D eigenvalue weighted by Crippen LogP contribution is 2.40. The van der Waals surface area contributed by atoms with Crippen LogP contribution in [0.1, 0.15) is 32.1 Å². The van der Waals surface area contributed by atoms with Crippen LogP contribution in [0.15, 0.2) is 10.3 Å². The molecule has 0 aromatic heterocycles. The molecule has 0 bridgehead atoms. The molecule has 0 aliphatic rings. The highest BCUT2D eigenvalue weighted by molar-refractivity contribution is 7.70. The van der Waals surface area contributed by atoms with Crippen LogP contribution in [0.25, 0.3) is 0 Å². The third kappa shape index (κ3) is 7.41. The lowest BCUT2D eigenvalue weighted by Crippen LogP contribution is -2.01. The zero-order valence-electron chi connectivity index (χ0n) is 9.82. The SMILES string of the molecule is O=P(O)(O)C(CCCCCC(=NO)P(=O)(O)O)=NO. The normalized spacial score (nSPS) is 14.7. The monoisotopic (exact) mass is 318 g/mol. The molecule has 112 valence electrons. The molecule has 19 heavy (non-hydrogen) atoms. The summed E-state index contributed by atoms with van der Waals surface area (Å²) in [7, 11) is -9.13. The summed E-state index contributed by atoms with van der Waals surface area (Å²) >= 11 is 0. The zero-order valence-corrected chi connectivity index (χ0v) is 11.6. The minimum Gasteiger partial charge on any atom is -0.410 e. The summed E-state index contributed by atoms with van der Waals surface area (Å²) in [4.78, 5) is 34.9. The van der Waals surface area contributed by atoms with Crippen LogP contribution in [0.4, 0.5) is 0 Å². The molecule has 10 nitrogen and oxygen atoms in total. The minimum absolute atomic E-state index is 0.137. The third-order valence-corrected chi connectivity index (χ3v) is 4.18. The summed E-state index contributed by atoms with van der Waals surface area (Å²) in [5.74, 6) is 0. The molecule has 0 saturated heterocycles. The van der Waals surface area contributed by atoms with Crippen LogP contribution in [-0.4, -0.2) is 40.9 Å². The highest BCUT2D eigenvalue weighted by Gasteiger charge is 2.24. The number of unbranched alkanes of at least 4 members (excludes halogenated alkanes) is 2. The van der Waals surface area contributed by atoms with E-state index >= 15 is 0 Å². The summed E-state index contributed by atoms with van der Waals surface area (Å²) < 4.78 is 21.5. The average Bonchev–Trinajstić information content (AvgIpc) is 2.24. The van der Waals surface area contributed by atoms with Crippen molar-refractivity contribution in [3.05, 3.63) is 0 Å². The Balaban J connectivity index is 4.08. The molecule has 0 amide bonds. The molecule has 0 aromatic carbocycles. The second-order valence-electron chi connectivity index (χ2n) is 3.68. The number of hydrogen-bond acceptors (Lipinski definition) is 6. The molecule has 6 N–H and O–H groups in total. The van der Waals surface area contributed by atoms with E-state index in [4.69, 9.17) is 30.0 Å². The van der Waals surface area contributed by atoms with Gasteiger partial charge in [0.2, 0.25) is 0 Å². The maximum Gasteiger partial charge on any atom is 0.373 e.